The molecule has 0 unspecified atom stereocenters. The highest BCUT2D eigenvalue weighted by Crippen LogP contribution is 2.34. The van der Waals surface area contributed by atoms with Crippen LogP contribution in [0.5, 0.6) is 0 Å². The largest absolute Gasteiger partial charge is 0.387 e. The second-order valence-electron chi connectivity index (χ2n) is 6.89. The molecule has 0 aliphatic carbocycles. The number of nitrogens with two attached hydrogens (primary N) is 1. The van der Waals surface area contributed by atoms with Crippen molar-refractivity contribution in [2.75, 3.05) is 19.5 Å². The van der Waals surface area contributed by atoms with Crippen LogP contribution in [0, 0.1) is 0 Å². The maximum atomic E-state index is 10.7. The lowest BCUT2D eigenvalue weighted by Crippen LogP contribution is -2.36. The number of ether oxygens (including phenoxy) is 3. The lowest BCUT2D eigenvalue weighted by Gasteiger charge is -2.19. The van der Waals surface area contributed by atoms with Gasteiger partial charge in [-0.3, -0.25) is 4.57 Å². The number of nitrogen functional groups attached to an aromatic ring is 1. The molecule has 3 N–H and O–H groups in total. The van der Waals surface area contributed by atoms with Crippen LogP contribution < -0.4 is 5.73 Å². The van der Waals surface area contributed by atoms with Gasteiger partial charge in [-0.25, -0.2) is 15.0 Å². The highest BCUT2D eigenvalue weighted by atomic mass is 35.5. The molecule has 0 radical (unpaired) electrons. The van der Waals surface area contributed by atoms with Crippen molar-refractivity contribution in [1.29, 1.82) is 0 Å². The number of imidazole rings is 1. The number of methoxy groups -OCH3 is 1. The molecule has 0 amide bonds. The van der Waals surface area contributed by atoms with Crippen LogP contribution in [0.3, 0.4) is 0 Å². The summed E-state index contributed by atoms with van der Waals surface area (Å²) in [6.07, 6.45) is 0.953. The van der Waals surface area contributed by atoms with E-state index in [2.05, 4.69) is 15.0 Å². The van der Waals surface area contributed by atoms with Crippen LogP contribution in [0.15, 0.2) is 24.8 Å². The minimum Gasteiger partial charge on any atom is -0.387 e. The molecular formula is C18H22ClN5O4S. The second-order valence-corrected chi connectivity index (χ2v) is 8.69. The average molecular weight is 440 g/mol. The van der Waals surface area contributed by atoms with Gasteiger partial charge in [-0.05, 0) is 19.1 Å². The second kappa shape index (κ2) is 8.50. The molecule has 0 saturated carbocycles. The van der Waals surface area contributed by atoms with Crippen molar-refractivity contribution in [1.82, 2.24) is 19.5 Å². The first kappa shape index (κ1) is 20.5. The Labute approximate surface area is 176 Å². The summed E-state index contributed by atoms with van der Waals surface area (Å²) in [7, 11) is 1.53. The number of aliphatic hydroxyl groups excluding tert-OH is 1. The molecule has 3 aromatic heterocycles. The Balaban J connectivity index is 1.45. The molecular weight excluding hydrogens is 418 g/mol. The Kier molecular flexibility index (Phi) is 6.00. The van der Waals surface area contributed by atoms with Crippen molar-refractivity contribution >= 4 is 39.9 Å². The Hall–Kier alpha value is -1.82. The zero-order valence-corrected chi connectivity index (χ0v) is 17.5. The fourth-order valence-electron chi connectivity index (χ4n) is 3.45. The fourth-order valence-corrected chi connectivity index (χ4v) is 4.65. The van der Waals surface area contributed by atoms with Gasteiger partial charge in [-0.15, -0.1) is 11.3 Å². The average Bonchev–Trinajstić information content (AvgIpc) is 3.38. The highest BCUT2D eigenvalue weighted by Gasteiger charge is 2.45. The molecule has 1 aliphatic rings. The number of hydrogen-bond acceptors (Lipinski definition) is 9. The number of hydrogen-bond donors (Lipinski definition) is 2. The van der Waals surface area contributed by atoms with Gasteiger partial charge in [0, 0.05) is 18.4 Å². The van der Waals surface area contributed by atoms with Crippen molar-refractivity contribution < 1.29 is 19.3 Å². The maximum absolute atomic E-state index is 10.7. The van der Waals surface area contributed by atoms with Crippen LogP contribution in [-0.4, -0.2) is 62.8 Å². The third kappa shape index (κ3) is 4.09. The molecule has 4 heterocycles. The topological polar surface area (TPSA) is 118 Å². The van der Waals surface area contributed by atoms with E-state index in [-0.39, 0.29) is 18.5 Å². The molecule has 1 saturated heterocycles. The van der Waals surface area contributed by atoms with E-state index in [0.717, 1.165) is 15.6 Å². The molecule has 0 bridgehead atoms. The third-order valence-corrected chi connectivity index (χ3v) is 6.16. The van der Waals surface area contributed by atoms with Crippen LogP contribution in [0.2, 0.25) is 4.34 Å². The molecule has 4 rings (SSSR count). The molecule has 11 heteroatoms. The zero-order valence-electron chi connectivity index (χ0n) is 15.9. The molecule has 1 fully saturated rings. The first-order valence-corrected chi connectivity index (χ1v) is 10.3. The first-order valence-electron chi connectivity index (χ1n) is 9.13. The van der Waals surface area contributed by atoms with E-state index in [1.54, 1.807) is 10.9 Å². The van der Waals surface area contributed by atoms with Crippen molar-refractivity contribution in [2.24, 2.45) is 0 Å². The van der Waals surface area contributed by atoms with Gasteiger partial charge in [0.15, 0.2) is 17.7 Å². The maximum Gasteiger partial charge on any atom is 0.167 e. The summed E-state index contributed by atoms with van der Waals surface area (Å²) in [5, 5.41) is 10.7. The summed E-state index contributed by atoms with van der Waals surface area (Å²) in [4.78, 5) is 13.6. The molecule has 1 aliphatic heterocycles. The molecule has 9 nitrogen and oxygen atoms in total. The predicted octanol–water partition coefficient (Wildman–Crippen LogP) is 2.04. The van der Waals surface area contributed by atoms with E-state index >= 15 is 0 Å². The number of rotatable bonds is 7. The van der Waals surface area contributed by atoms with Crippen molar-refractivity contribution in [3.8, 4) is 0 Å². The lowest BCUT2D eigenvalue weighted by atomic mass is 10.1. The molecule has 5 atom stereocenters. The van der Waals surface area contributed by atoms with Crippen LogP contribution >= 0.6 is 22.9 Å². The minimum atomic E-state index is -0.870. The third-order valence-electron chi connectivity index (χ3n) is 4.91. The van der Waals surface area contributed by atoms with Gasteiger partial charge in [0.2, 0.25) is 0 Å². The standard InChI is InChI=1S/C18H22ClN5O4S/c1-9(5-10-3-4-12(19)29-10)27-6-11-14(25)15(26-2)18(28-11)24-8-23-13-16(20)21-7-22-17(13)24/h3-4,7-9,11,14-15,18,25H,5-6H2,1-2H3,(H2,20,21,22)/t9-,11-,14-,15-,18-/m1/s1. The van der Waals surface area contributed by atoms with Gasteiger partial charge >= 0.3 is 0 Å². The molecule has 29 heavy (non-hydrogen) atoms. The predicted molar refractivity (Wildman–Crippen MR) is 109 cm³/mol. The molecule has 0 spiro atoms. The SMILES string of the molecule is CO[C@@H]1[C@H](O)[C@@H](CO[C@H](C)Cc2ccc(Cl)s2)O[C@H]1n1cnc2c(N)ncnc21. The lowest BCUT2D eigenvalue weighted by molar-refractivity contribution is -0.0794. The van der Waals surface area contributed by atoms with Crippen molar-refractivity contribution in [3.63, 3.8) is 0 Å². The summed E-state index contributed by atoms with van der Waals surface area (Å²) in [5.41, 5.74) is 6.85. The number of fused-ring (bicyclic) bond motifs is 1. The summed E-state index contributed by atoms with van der Waals surface area (Å²) >= 11 is 7.51. The minimum absolute atomic E-state index is 0.0535. The van der Waals surface area contributed by atoms with E-state index in [4.69, 9.17) is 31.5 Å². The Morgan fingerprint density at radius 3 is 2.93 bits per heavy atom. The number of thiophene rings is 1. The van der Waals surface area contributed by atoms with E-state index in [1.165, 1.54) is 24.8 Å². The van der Waals surface area contributed by atoms with Gasteiger partial charge in [-0.1, -0.05) is 11.6 Å². The van der Waals surface area contributed by atoms with E-state index in [0.29, 0.717) is 11.2 Å². The van der Waals surface area contributed by atoms with Crippen LogP contribution in [0.25, 0.3) is 11.2 Å². The van der Waals surface area contributed by atoms with Crippen molar-refractivity contribution in [2.45, 2.75) is 44.0 Å². The van der Waals surface area contributed by atoms with Gasteiger partial charge in [-0.2, -0.15) is 0 Å². The highest BCUT2D eigenvalue weighted by molar-refractivity contribution is 7.16. The Bertz CT molecular complexity index is 982. The summed E-state index contributed by atoms with van der Waals surface area (Å²) < 4.78 is 20.0. The number of aromatic nitrogens is 4. The smallest absolute Gasteiger partial charge is 0.167 e. The van der Waals surface area contributed by atoms with Gasteiger partial charge < -0.3 is 25.1 Å². The van der Waals surface area contributed by atoms with E-state index in [9.17, 15) is 5.11 Å². The number of halogens is 1. The molecule has 3 aromatic rings. The fraction of sp³-hybridized carbons (Fsp3) is 0.500. The Morgan fingerprint density at radius 2 is 2.21 bits per heavy atom. The van der Waals surface area contributed by atoms with E-state index in [1.807, 2.05) is 19.1 Å². The van der Waals surface area contributed by atoms with Crippen molar-refractivity contribution in [3.05, 3.63) is 34.0 Å². The number of aliphatic hydroxyl groups is 1. The van der Waals surface area contributed by atoms with E-state index < -0.39 is 24.5 Å². The summed E-state index contributed by atoms with van der Waals surface area (Å²) in [5.74, 6) is 0.281. The van der Waals surface area contributed by atoms with Crippen LogP contribution in [-0.2, 0) is 20.6 Å². The first-order chi connectivity index (χ1) is 14.0. The number of anilines is 1. The zero-order chi connectivity index (χ0) is 20.5. The number of nitrogens with zero attached hydrogens (tertiary/aromatic N) is 4. The Morgan fingerprint density at radius 1 is 1.38 bits per heavy atom. The van der Waals surface area contributed by atoms with Crippen LogP contribution in [0.1, 0.15) is 18.0 Å². The molecule has 156 valence electrons. The van der Waals surface area contributed by atoms with Gasteiger partial charge in [0.1, 0.15) is 30.2 Å². The van der Waals surface area contributed by atoms with Gasteiger partial charge in [0.25, 0.3) is 0 Å². The van der Waals surface area contributed by atoms with Crippen LogP contribution in [0.4, 0.5) is 5.82 Å². The summed E-state index contributed by atoms with van der Waals surface area (Å²) in [6.45, 7) is 2.20. The summed E-state index contributed by atoms with van der Waals surface area (Å²) in [6, 6.07) is 3.86. The van der Waals surface area contributed by atoms with Gasteiger partial charge in [0.05, 0.1) is 23.4 Å². The monoisotopic (exact) mass is 439 g/mol. The molecule has 0 aromatic carbocycles. The quantitative estimate of drug-likeness (QED) is 0.574. The normalized spacial score (nSPS) is 25.7.